The van der Waals surface area contributed by atoms with Gasteiger partial charge in [-0.1, -0.05) is 6.92 Å². The molecule has 0 N–H and O–H groups in total. The van der Waals surface area contributed by atoms with Gasteiger partial charge in [0.05, 0.1) is 16.2 Å². The molecule has 0 radical (unpaired) electrons. The second kappa shape index (κ2) is 6.06. The molecule has 0 saturated carbocycles. The molecule has 0 bridgehead atoms. The molecule has 11 heteroatoms. The number of nitrogens with zero attached hydrogens (tertiary/aromatic N) is 4. The molecule has 3 heterocycles. The molecule has 25 heavy (non-hydrogen) atoms. The van der Waals surface area contributed by atoms with Crippen molar-refractivity contribution in [2.45, 2.75) is 18.0 Å². The van der Waals surface area contributed by atoms with Gasteiger partial charge in [0.2, 0.25) is 5.82 Å². The van der Waals surface area contributed by atoms with E-state index in [1.165, 1.54) is 19.2 Å². The van der Waals surface area contributed by atoms with Crippen LogP contribution >= 0.6 is 15.9 Å². The monoisotopic (exact) mass is 434 g/mol. The van der Waals surface area contributed by atoms with E-state index in [9.17, 15) is 21.6 Å². The fraction of sp³-hybridized carbons (Fsp3) is 0.214. The van der Waals surface area contributed by atoms with Crippen molar-refractivity contribution in [3.05, 3.63) is 40.6 Å². The standard InChI is InChI=1S/C14H10BrF3N4O2S/c1-2-25(23,24)10-6-9(15)7-19-12(10)13-20-11-5-8(14(16,17)18)3-4-22(11)21-13/h3-7H,2H2,1H3. The number of aromatic nitrogens is 4. The van der Waals surface area contributed by atoms with Crippen molar-refractivity contribution in [1.82, 2.24) is 19.6 Å². The molecule has 6 nitrogen and oxygen atoms in total. The van der Waals surface area contributed by atoms with E-state index in [4.69, 9.17) is 0 Å². The minimum atomic E-state index is -4.51. The summed E-state index contributed by atoms with van der Waals surface area (Å²) in [6, 6.07) is 3.07. The van der Waals surface area contributed by atoms with Gasteiger partial charge in [0.1, 0.15) is 5.69 Å². The summed E-state index contributed by atoms with van der Waals surface area (Å²) in [7, 11) is -3.63. The Bertz CT molecular complexity index is 1060. The van der Waals surface area contributed by atoms with E-state index in [0.717, 1.165) is 22.8 Å². The van der Waals surface area contributed by atoms with Crippen LogP contribution in [0.4, 0.5) is 13.2 Å². The number of rotatable bonds is 3. The van der Waals surface area contributed by atoms with Gasteiger partial charge >= 0.3 is 6.18 Å². The first kappa shape index (κ1) is 17.8. The second-order valence-electron chi connectivity index (χ2n) is 5.06. The van der Waals surface area contributed by atoms with Crippen molar-refractivity contribution in [3.8, 4) is 11.5 Å². The quantitative estimate of drug-likeness (QED) is 0.631. The van der Waals surface area contributed by atoms with Crippen molar-refractivity contribution < 1.29 is 21.6 Å². The normalized spacial score (nSPS) is 12.7. The third-order valence-corrected chi connectivity index (χ3v) is 5.59. The number of pyridine rings is 2. The van der Waals surface area contributed by atoms with Crippen molar-refractivity contribution in [3.63, 3.8) is 0 Å². The molecule has 0 spiro atoms. The molecule has 0 atom stereocenters. The number of sulfone groups is 1. The first-order chi connectivity index (χ1) is 11.6. The molecule has 3 rings (SSSR count). The number of alkyl halides is 3. The first-order valence-electron chi connectivity index (χ1n) is 6.94. The summed E-state index contributed by atoms with van der Waals surface area (Å²) in [5.74, 6) is -0.233. The predicted octanol–water partition coefficient (Wildman–Crippen LogP) is 3.37. The van der Waals surface area contributed by atoms with Crippen molar-refractivity contribution >= 4 is 31.4 Å². The van der Waals surface area contributed by atoms with Crippen LogP contribution in [0, 0.1) is 0 Å². The summed E-state index contributed by atoms with van der Waals surface area (Å²) < 4.78 is 64.5. The Balaban J connectivity index is 2.21. The minimum absolute atomic E-state index is 0.0118. The van der Waals surface area contributed by atoms with Gasteiger partial charge in [0, 0.05) is 16.9 Å². The van der Waals surface area contributed by atoms with Gasteiger partial charge in [-0.2, -0.15) is 13.2 Å². The smallest absolute Gasteiger partial charge is 0.250 e. The number of fused-ring (bicyclic) bond motifs is 1. The molecular formula is C14H10BrF3N4O2S. The second-order valence-corrected chi connectivity index (χ2v) is 8.22. The van der Waals surface area contributed by atoms with Crippen LogP contribution < -0.4 is 0 Å². The van der Waals surface area contributed by atoms with Gasteiger partial charge in [-0.05, 0) is 34.1 Å². The first-order valence-corrected chi connectivity index (χ1v) is 9.38. The fourth-order valence-corrected chi connectivity index (χ4v) is 3.68. The Morgan fingerprint density at radius 1 is 1.28 bits per heavy atom. The Labute approximate surface area is 148 Å². The third kappa shape index (κ3) is 3.38. The summed E-state index contributed by atoms with van der Waals surface area (Å²) in [6.45, 7) is 1.48. The average Bonchev–Trinajstić information content (AvgIpc) is 2.96. The van der Waals surface area contributed by atoms with E-state index in [0.29, 0.717) is 4.47 Å². The van der Waals surface area contributed by atoms with E-state index < -0.39 is 21.6 Å². The maximum absolute atomic E-state index is 12.8. The van der Waals surface area contributed by atoms with E-state index >= 15 is 0 Å². The van der Waals surface area contributed by atoms with Crippen LogP contribution in [-0.4, -0.2) is 33.8 Å². The topological polar surface area (TPSA) is 77.2 Å². The van der Waals surface area contributed by atoms with E-state index in [2.05, 4.69) is 31.0 Å². The minimum Gasteiger partial charge on any atom is -0.250 e. The van der Waals surface area contributed by atoms with E-state index in [-0.39, 0.29) is 27.8 Å². The molecule has 0 saturated heterocycles. The maximum atomic E-state index is 12.8. The van der Waals surface area contributed by atoms with Crippen LogP contribution in [0.25, 0.3) is 17.2 Å². The van der Waals surface area contributed by atoms with Crippen LogP contribution in [-0.2, 0) is 16.0 Å². The molecule has 0 aliphatic carbocycles. The average molecular weight is 435 g/mol. The van der Waals surface area contributed by atoms with Gasteiger partial charge in [0.15, 0.2) is 15.5 Å². The Kier molecular flexibility index (Phi) is 4.31. The van der Waals surface area contributed by atoms with E-state index in [1.54, 1.807) is 0 Å². The van der Waals surface area contributed by atoms with Crippen LogP contribution in [0.3, 0.4) is 0 Å². The third-order valence-electron chi connectivity index (χ3n) is 3.41. The van der Waals surface area contributed by atoms with Gasteiger partial charge in [0.25, 0.3) is 0 Å². The molecule has 0 unspecified atom stereocenters. The summed E-state index contributed by atoms with van der Waals surface area (Å²) in [6.07, 6.45) is -2.03. The van der Waals surface area contributed by atoms with E-state index in [1.807, 2.05) is 0 Å². The van der Waals surface area contributed by atoms with Gasteiger partial charge in [-0.3, -0.25) is 4.98 Å². The van der Waals surface area contributed by atoms with Crippen molar-refractivity contribution in [1.29, 1.82) is 0 Å². The van der Waals surface area contributed by atoms with Crippen molar-refractivity contribution in [2.24, 2.45) is 0 Å². The number of hydrogen-bond acceptors (Lipinski definition) is 5. The van der Waals surface area contributed by atoms with Crippen LogP contribution in [0.15, 0.2) is 40.0 Å². The predicted molar refractivity (Wildman–Crippen MR) is 86.6 cm³/mol. The lowest BCUT2D eigenvalue weighted by Gasteiger charge is -2.06. The van der Waals surface area contributed by atoms with Crippen LogP contribution in [0.5, 0.6) is 0 Å². The summed E-state index contributed by atoms with van der Waals surface area (Å²) in [4.78, 5) is 7.96. The SMILES string of the molecule is CCS(=O)(=O)c1cc(Br)cnc1-c1nc2cc(C(F)(F)F)ccn2n1. The zero-order valence-electron chi connectivity index (χ0n) is 12.6. The molecule has 3 aromatic rings. The fourth-order valence-electron chi connectivity index (χ4n) is 2.14. The maximum Gasteiger partial charge on any atom is 0.416 e. The molecule has 0 fully saturated rings. The highest BCUT2D eigenvalue weighted by Gasteiger charge is 2.31. The highest BCUT2D eigenvalue weighted by atomic mass is 79.9. The Hall–Kier alpha value is -2.01. The number of hydrogen-bond donors (Lipinski definition) is 0. The lowest BCUT2D eigenvalue weighted by Crippen LogP contribution is -2.07. The van der Waals surface area contributed by atoms with Crippen LogP contribution in [0.1, 0.15) is 12.5 Å². The van der Waals surface area contributed by atoms with Crippen LogP contribution in [0.2, 0.25) is 0 Å². The Morgan fingerprint density at radius 3 is 2.64 bits per heavy atom. The highest BCUT2D eigenvalue weighted by molar-refractivity contribution is 9.10. The molecule has 0 aromatic carbocycles. The lowest BCUT2D eigenvalue weighted by molar-refractivity contribution is -0.137. The van der Waals surface area contributed by atoms with Crippen molar-refractivity contribution in [2.75, 3.05) is 5.75 Å². The molecule has 0 amide bonds. The Morgan fingerprint density at radius 2 is 2.00 bits per heavy atom. The molecule has 3 aromatic heterocycles. The summed E-state index contributed by atoms with van der Waals surface area (Å²) in [5, 5.41) is 4.04. The molecule has 0 aliphatic rings. The lowest BCUT2D eigenvalue weighted by atomic mass is 10.2. The van der Waals surface area contributed by atoms with Gasteiger partial charge in [-0.15, -0.1) is 5.10 Å². The molecular weight excluding hydrogens is 425 g/mol. The summed E-state index contributed by atoms with van der Waals surface area (Å²) in [5.41, 5.74) is -0.944. The molecule has 132 valence electrons. The molecule has 0 aliphatic heterocycles. The summed E-state index contributed by atoms with van der Waals surface area (Å²) >= 11 is 3.16. The van der Waals surface area contributed by atoms with Gasteiger partial charge in [-0.25, -0.2) is 17.9 Å². The zero-order chi connectivity index (χ0) is 18.4. The number of halogens is 4. The zero-order valence-corrected chi connectivity index (χ0v) is 15.0. The highest BCUT2D eigenvalue weighted by Crippen LogP contribution is 2.31. The largest absolute Gasteiger partial charge is 0.416 e. The van der Waals surface area contributed by atoms with Gasteiger partial charge < -0.3 is 0 Å².